The van der Waals surface area contributed by atoms with Gasteiger partial charge < -0.3 is 4.52 Å². The Morgan fingerprint density at radius 1 is 0.833 bits per heavy atom. The van der Waals surface area contributed by atoms with Crippen molar-refractivity contribution in [1.82, 2.24) is 14.9 Å². The summed E-state index contributed by atoms with van der Waals surface area (Å²) in [7, 11) is 0. The van der Waals surface area contributed by atoms with E-state index in [1.807, 2.05) is 66.9 Å². The van der Waals surface area contributed by atoms with E-state index < -0.39 is 0 Å². The number of benzene rings is 3. The standard InChI is InChI=1S/C24H15BrFN3O/c25-18-6-4-5-17(13-18)23-14-22(28-30-23)21-15-29(20-7-2-1-3-8-20)27-24(21)16-9-11-19(26)12-10-16/h1-15H. The molecule has 5 aromatic rings. The van der Waals surface area contributed by atoms with Crippen LogP contribution in [-0.2, 0) is 0 Å². The van der Waals surface area contributed by atoms with Crippen molar-refractivity contribution in [1.29, 1.82) is 0 Å². The van der Waals surface area contributed by atoms with Crippen LogP contribution in [0, 0.1) is 5.82 Å². The lowest BCUT2D eigenvalue weighted by molar-refractivity contribution is 0.435. The van der Waals surface area contributed by atoms with Crippen LogP contribution in [0.1, 0.15) is 0 Å². The minimum Gasteiger partial charge on any atom is -0.356 e. The van der Waals surface area contributed by atoms with E-state index in [1.54, 1.807) is 16.8 Å². The van der Waals surface area contributed by atoms with Crippen molar-refractivity contribution in [2.45, 2.75) is 0 Å². The Balaban J connectivity index is 1.63. The number of halogens is 2. The third kappa shape index (κ3) is 3.57. The monoisotopic (exact) mass is 459 g/mol. The molecule has 2 heterocycles. The highest BCUT2D eigenvalue weighted by Crippen LogP contribution is 2.34. The first-order chi connectivity index (χ1) is 14.7. The van der Waals surface area contributed by atoms with E-state index in [1.165, 1.54) is 12.1 Å². The quantitative estimate of drug-likeness (QED) is 0.298. The van der Waals surface area contributed by atoms with Gasteiger partial charge in [-0.1, -0.05) is 51.4 Å². The molecule has 5 rings (SSSR count). The number of hydrogen-bond acceptors (Lipinski definition) is 3. The summed E-state index contributed by atoms with van der Waals surface area (Å²) in [6, 6.07) is 25.8. The summed E-state index contributed by atoms with van der Waals surface area (Å²) >= 11 is 3.48. The van der Waals surface area contributed by atoms with Crippen molar-refractivity contribution >= 4 is 15.9 Å². The van der Waals surface area contributed by atoms with Crippen molar-refractivity contribution in [3.63, 3.8) is 0 Å². The number of hydrogen-bond donors (Lipinski definition) is 0. The minimum absolute atomic E-state index is 0.291. The molecule has 0 aliphatic heterocycles. The predicted octanol–water partition coefficient (Wildman–Crippen LogP) is 6.76. The van der Waals surface area contributed by atoms with Gasteiger partial charge in [0, 0.05) is 27.9 Å². The second kappa shape index (κ2) is 7.72. The SMILES string of the molecule is Fc1ccc(-c2nn(-c3ccccc3)cc2-c2cc(-c3cccc(Br)c3)on2)cc1. The van der Waals surface area contributed by atoms with Gasteiger partial charge in [0.15, 0.2) is 5.76 Å². The zero-order valence-electron chi connectivity index (χ0n) is 15.7. The van der Waals surface area contributed by atoms with Crippen LogP contribution in [0.5, 0.6) is 0 Å². The molecule has 0 saturated carbocycles. The molecular formula is C24H15BrFN3O. The maximum atomic E-state index is 13.5. The van der Waals surface area contributed by atoms with E-state index in [0.717, 1.165) is 26.9 Å². The molecule has 3 aromatic carbocycles. The third-order valence-corrected chi connectivity index (χ3v) is 5.24. The fourth-order valence-electron chi connectivity index (χ4n) is 3.28. The largest absolute Gasteiger partial charge is 0.356 e. The van der Waals surface area contributed by atoms with E-state index in [9.17, 15) is 4.39 Å². The van der Waals surface area contributed by atoms with Crippen LogP contribution in [0.3, 0.4) is 0 Å². The Kier molecular flexibility index (Phi) is 4.77. The Morgan fingerprint density at radius 3 is 2.40 bits per heavy atom. The summed E-state index contributed by atoms with van der Waals surface area (Å²) in [5.41, 5.74) is 4.80. The zero-order valence-corrected chi connectivity index (χ0v) is 17.3. The molecule has 0 atom stereocenters. The van der Waals surface area contributed by atoms with Gasteiger partial charge in [0.25, 0.3) is 0 Å². The lowest BCUT2D eigenvalue weighted by Crippen LogP contribution is -1.94. The van der Waals surface area contributed by atoms with Crippen molar-refractivity contribution in [3.8, 4) is 39.5 Å². The maximum absolute atomic E-state index is 13.5. The van der Waals surface area contributed by atoms with E-state index in [2.05, 4.69) is 21.1 Å². The van der Waals surface area contributed by atoms with Crippen molar-refractivity contribution < 1.29 is 8.91 Å². The third-order valence-electron chi connectivity index (χ3n) is 4.75. The molecule has 0 fully saturated rings. The van der Waals surface area contributed by atoms with E-state index in [0.29, 0.717) is 17.1 Å². The molecule has 0 amide bonds. The molecule has 0 N–H and O–H groups in total. The van der Waals surface area contributed by atoms with Gasteiger partial charge in [-0.05, 0) is 48.5 Å². The predicted molar refractivity (Wildman–Crippen MR) is 118 cm³/mol. The molecule has 0 unspecified atom stereocenters. The summed E-state index contributed by atoms with van der Waals surface area (Å²) in [6.07, 6.45) is 1.91. The topological polar surface area (TPSA) is 43.9 Å². The molecule has 6 heteroatoms. The lowest BCUT2D eigenvalue weighted by atomic mass is 10.1. The smallest absolute Gasteiger partial charge is 0.167 e. The summed E-state index contributed by atoms with van der Waals surface area (Å²) in [5, 5.41) is 9.04. The fraction of sp³-hybridized carbons (Fsp3) is 0. The van der Waals surface area contributed by atoms with Crippen LogP contribution < -0.4 is 0 Å². The van der Waals surface area contributed by atoms with Crippen LogP contribution in [0.15, 0.2) is 100 Å². The number of para-hydroxylation sites is 1. The van der Waals surface area contributed by atoms with Crippen molar-refractivity contribution in [2.24, 2.45) is 0 Å². The van der Waals surface area contributed by atoms with E-state index in [4.69, 9.17) is 9.62 Å². The van der Waals surface area contributed by atoms with Gasteiger partial charge in [0.1, 0.15) is 17.2 Å². The Bertz CT molecular complexity index is 1310. The molecule has 4 nitrogen and oxygen atoms in total. The summed E-state index contributed by atoms with van der Waals surface area (Å²) in [4.78, 5) is 0. The average Bonchev–Trinajstić information content (AvgIpc) is 3.43. The Hall–Kier alpha value is -3.51. The molecule has 0 bridgehead atoms. The van der Waals surface area contributed by atoms with Gasteiger partial charge in [0.2, 0.25) is 0 Å². The van der Waals surface area contributed by atoms with Gasteiger partial charge >= 0.3 is 0 Å². The Morgan fingerprint density at radius 2 is 1.63 bits per heavy atom. The number of aromatic nitrogens is 3. The van der Waals surface area contributed by atoms with Gasteiger partial charge in [-0.15, -0.1) is 0 Å². The molecule has 0 aliphatic carbocycles. The van der Waals surface area contributed by atoms with Crippen LogP contribution in [0.2, 0.25) is 0 Å². The van der Waals surface area contributed by atoms with Crippen LogP contribution >= 0.6 is 15.9 Å². The van der Waals surface area contributed by atoms with E-state index >= 15 is 0 Å². The average molecular weight is 460 g/mol. The summed E-state index contributed by atoms with van der Waals surface area (Å²) < 4.78 is 21.8. The van der Waals surface area contributed by atoms with Crippen LogP contribution in [-0.4, -0.2) is 14.9 Å². The highest BCUT2D eigenvalue weighted by atomic mass is 79.9. The fourth-order valence-corrected chi connectivity index (χ4v) is 3.67. The number of nitrogens with zero attached hydrogens (tertiary/aromatic N) is 3. The van der Waals surface area contributed by atoms with Crippen molar-refractivity contribution in [2.75, 3.05) is 0 Å². The highest BCUT2D eigenvalue weighted by Gasteiger charge is 2.18. The first kappa shape index (κ1) is 18.5. The molecule has 0 radical (unpaired) electrons. The molecular weight excluding hydrogens is 445 g/mol. The van der Waals surface area contributed by atoms with Crippen LogP contribution in [0.4, 0.5) is 4.39 Å². The van der Waals surface area contributed by atoms with Gasteiger partial charge in [-0.2, -0.15) is 5.10 Å². The molecule has 146 valence electrons. The van der Waals surface area contributed by atoms with E-state index in [-0.39, 0.29) is 5.82 Å². The molecule has 30 heavy (non-hydrogen) atoms. The first-order valence-electron chi connectivity index (χ1n) is 9.31. The lowest BCUT2D eigenvalue weighted by Gasteiger charge is -2.00. The second-order valence-electron chi connectivity index (χ2n) is 6.77. The zero-order chi connectivity index (χ0) is 20.5. The molecule has 0 spiro atoms. The Labute approximate surface area is 180 Å². The highest BCUT2D eigenvalue weighted by molar-refractivity contribution is 9.10. The van der Waals surface area contributed by atoms with Gasteiger partial charge in [-0.25, -0.2) is 9.07 Å². The summed E-state index contributed by atoms with van der Waals surface area (Å²) in [5.74, 6) is 0.366. The first-order valence-corrected chi connectivity index (χ1v) is 10.1. The van der Waals surface area contributed by atoms with Crippen LogP contribution in [0.25, 0.3) is 39.5 Å². The number of rotatable bonds is 4. The van der Waals surface area contributed by atoms with Gasteiger partial charge in [-0.3, -0.25) is 0 Å². The maximum Gasteiger partial charge on any atom is 0.167 e. The minimum atomic E-state index is -0.291. The molecule has 0 saturated heterocycles. The molecule has 0 aliphatic rings. The summed E-state index contributed by atoms with van der Waals surface area (Å²) in [6.45, 7) is 0. The van der Waals surface area contributed by atoms with Crippen molar-refractivity contribution in [3.05, 3.63) is 101 Å². The molecule has 2 aromatic heterocycles. The second-order valence-corrected chi connectivity index (χ2v) is 7.68. The normalized spacial score (nSPS) is 11.0. The van der Waals surface area contributed by atoms with Gasteiger partial charge in [0.05, 0.1) is 11.3 Å².